The van der Waals surface area contributed by atoms with Crippen LogP contribution in [0.2, 0.25) is 0 Å². The second-order valence-corrected chi connectivity index (χ2v) is 4.47. The standard InChI is InChI=1S/C11H14N2O6/c1-5-8(16)7(4-15)19-10(5)13-2-6(3-14)9(17)12-11(13)18/h2-3,5,7-8,10,15-16H,4H2,1H3,(H,12,17,18)/t5-,7-,8+,10?/m1/s1. The Bertz CT molecular complexity index is 592. The molecule has 0 radical (unpaired) electrons. The third-order valence-electron chi connectivity index (χ3n) is 3.26. The maximum atomic E-state index is 11.7. The number of carbonyl (C=O) groups is 1. The van der Waals surface area contributed by atoms with E-state index < -0.39 is 35.6 Å². The lowest BCUT2D eigenvalue weighted by Crippen LogP contribution is -2.36. The van der Waals surface area contributed by atoms with Gasteiger partial charge in [0.05, 0.1) is 18.3 Å². The largest absolute Gasteiger partial charge is 0.394 e. The van der Waals surface area contributed by atoms with E-state index in [1.807, 2.05) is 4.98 Å². The number of carbonyl (C=O) groups excluding carboxylic acids is 1. The maximum absolute atomic E-state index is 11.7. The van der Waals surface area contributed by atoms with Gasteiger partial charge in [-0.3, -0.25) is 19.1 Å². The van der Waals surface area contributed by atoms with Crippen LogP contribution >= 0.6 is 0 Å². The summed E-state index contributed by atoms with van der Waals surface area (Å²) in [5.41, 5.74) is -1.73. The topological polar surface area (TPSA) is 122 Å². The lowest BCUT2D eigenvalue weighted by atomic mass is 10.0. The highest BCUT2D eigenvalue weighted by Crippen LogP contribution is 2.33. The van der Waals surface area contributed by atoms with E-state index in [1.165, 1.54) is 0 Å². The summed E-state index contributed by atoms with van der Waals surface area (Å²) in [6.45, 7) is 1.25. The molecule has 2 rings (SSSR count). The van der Waals surface area contributed by atoms with Crippen molar-refractivity contribution >= 4 is 6.29 Å². The van der Waals surface area contributed by atoms with Crippen molar-refractivity contribution in [3.05, 3.63) is 32.6 Å². The molecule has 8 heteroatoms. The quantitative estimate of drug-likeness (QED) is 0.559. The molecule has 3 N–H and O–H groups in total. The molecule has 1 aromatic rings. The number of rotatable bonds is 3. The Morgan fingerprint density at radius 1 is 1.53 bits per heavy atom. The first-order valence-corrected chi connectivity index (χ1v) is 5.74. The normalized spacial score (nSPS) is 30.5. The number of aliphatic hydroxyl groups is 2. The maximum Gasteiger partial charge on any atom is 0.330 e. The summed E-state index contributed by atoms with van der Waals surface area (Å²) in [5, 5.41) is 18.9. The molecule has 1 fully saturated rings. The summed E-state index contributed by atoms with van der Waals surface area (Å²) < 4.78 is 6.40. The van der Waals surface area contributed by atoms with Crippen molar-refractivity contribution < 1.29 is 19.7 Å². The van der Waals surface area contributed by atoms with Gasteiger partial charge in [-0.1, -0.05) is 6.92 Å². The van der Waals surface area contributed by atoms with Crippen molar-refractivity contribution in [3.8, 4) is 0 Å². The van der Waals surface area contributed by atoms with Crippen molar-refractivity contribution in [3.63, 3.8) is 0 Å². The molecule has 0 aromatic carbocycles. The van der Waals surface area contributed by atoms with Gasteiger partial charge in [0.1, 0.15) is 12.3 Å². The molecule has 4 atom stereocenters. The minimum atomic E-state index is -0.937. The van der Waals surface area contributed by atoms with E-state index in [4.69, 9.17) is 9.84 Å². The van der Waals surface area contributed by atoms with Gasteiger partial charge < -0.3 is 14.9 Å². The van der Waals surface area contributed by atoms with Gasteiger partial charge in [-0.25, -0.2) is 4.79 Å². The fourth-order valence-corrected chi connectivity index (χ4v) is 2.13. The number of aromatic amines is 1. The number of aliphatic hydroxyl groups excluding tert-OH is 2. The third-order valence-corrected chi connectivity index (χ3v) is 3.26. The Hall–Kier alpha value is -1.77. The monoisotopic (exact) mass is 270 g/mol. The summed E-state index contributed by atoms with van der Waals surface area (Å²) >= 11 is 0. The van der Waals surface area contributed by atoms with Crippen molar-refractivity contribution in [2.75, 3.05) is 6.61 Å². The number of aldehydes is 1. The lowest BCUT2D eigenvalue weighted by molar-refractivity contribution is -0.0477. The number of H-pyrrole nitrogens is 1. The van der Waals surface area contributed by atoms with Gasteiger partial charge in [0.15, 0.2) is 6.29 Å². The fourth-order valence-electron chi connectivity index (χ4n) is 2.13. The van der Waals surface area contributed by atoms with Crippen molar-refractivity contribution in [1.29, 1.82) is 0 Å². The highest BCUT2D eigenvalue weighted by atomic mass is 16.5. The van der Waals surface area contributed by atoms with Crippen LogP contribution in [0.5, 0.6) is 0 Å². The van der Waals surface area contributed by atoms with Crippen molar-refractivity contribution in [2.24, 2.45) is 5.92 Å². The summed E-state index contributed by atoms with van der Waals surface area (Å²) in [4.78, 5) is 35.7. The number of hydrogen-bond donors (Lipinski definition) is 3. The van der Waals surface area contributed by atoms with Crippen LogP contribution in [0.25, 0.3) is 0 Å². The second kappa shape index (κ2) is 5.08. The van der Waals surface area contributed by atoms with Crippen molar-refractivity contribution in [2.45, 2.75) is 25.4 Å². The van der Waals surface area contributed by atoms with E-state index in [2.05, 4.69) is 0 Å². The molecule has 0 amide bonds. The Labute approximate surface area is 107 Å². The zero-order valence-corrected chi connectivity index (χ0v) is 10.1. The zero-order chi connectivity index (χ0) is 14.2. The predicted octanol–water partition coefficient (Wildman–Crippen LogP) is -1.76. The Morgan fingerprint density at radius 2 is 2.21 bits per heavy atom. The second-order valence-electron chi connectivity index (χ2n) is 4.47. The Balaban J connectivity index is 2.46. The van der Waals surface area contributed by atoms with Gasteiger partial charge in [-0.15, -0.1) is 0 Å². The van der Waals surface area contributed by atoms with Crippen LogP contribution < -0.4 is 11.2 Å². The molecule has 1 aliphatic heterocycles. The predicted molar refractivity (Wildman–Crippen MR) is 62.9 cm³/mol. The van der Waals surface area contributed by atoms with Gasteiger partial charge in [0.25, 0.3) is 5.56 Å². The summed E-state index contributed by atoms with van der Waals surface area (Å²) in [7, 11) is 0. The average molecular weight is 270 g/mol. The van der Waals surface area contributed by atoms with E-state index in [-0.39, 0.29) is 12.2 Å². The van der Waals surface area contributed by atoms with E-state index in [1.54, 1.807) is 6.92 Å². The molecular formula is C11H14N2O6. The van der Waals surface area contributed by atoms with Gasteiger partial charge in [-0.2, -0.15) is 0 Å². The van der Waals surface area contributed by atoms with E-state index >= 15 is 0 Å². The zero-order valence-electron chi connectivity index (χ0n) is 10.1. The number of nitrogens with one attached hydrogen (secondary N) is 1. The van der Waals surface area contributed by atoms with Gasteiger partial charge in [0.2, 0.25) is 0 Å². The molecule has 19 heavy (non-hydrogen) atoms. The number of aromatic nitrogens is 2. The van der Waals surface area contributed by atoms with Crippen LogP contribution in [0.15, 0.2) is 15.8 Å². The lowest BCUT2D eigenvalue weighted by Gasteiger charge is -2.18. The van der Waals surface area contributed by atoms with Crippen LogP contribution in [0.1, 0.15) is 23.5 Å². The molecule has 1 saturated heterocycles. The van der Waals surface area contributed by atoms with E-state index in [9.17, 15) is 19.5 Å². The van der Waals surface area contributed by atoms with Crippen LogP contribution in [-0.2, 0) is 4.74 Å². The molecular weight excluding hydrogens is 256 g/mol. The average Bonchev–Trinajstić information content (AvgIpc) is 2.67. The molecule has 1 aliphatic rings. The highest BCUT2D eigenvalue weighted by molar-refractivity contribution is 5.73. The van der Waals surface area contributed by atoms with Gasteiger partial charge in [0, 0.05) is 12.1 Å². The highest BCUT2D eigenvalue weighted by Gasteiger charge is 2.41. The minimum absolute atomic E-state index is 0.211. The molecule has 0 saturated carbocycles. The van der Waals surface area contributed by atoms with Crippen LogP contribution in [0, 0.1) is 5.92 Å². The van der Waals surface area contributed by atoms with E-state index in [0.717, 1.165) is 10.8 Å². The van der Waals surface area contributed by atoms with Crippen LogP contribution in [0.4, 0.5) is 0 Å². The first-order valence-electron chi connectivity index (χ1n) is 5.74. The summed E-state index contributed by atoms with van der Waals surface area (Å²) in [6, 6.07) is 0. The molecule has 2 heterocycles. The Kier molecular flexibility index (Phi) is 3.65. The summed E-state index contributed by atoms with van der Waals surface area (Å²) in [5.74, 6) is -0.472. The minimum Gasteiger partial charge on any atom is -0.394 e. The van der Waals surface area contributed by atoms with Gasteiger partial charge >= 0.3 is 5.69 Å². The molecule has 1 aromatic heterocycles. The smallest absolute Gasteiger partial charge is 0.330 e. The first-order chi connectivity index (χ1) is 8.99. The van der Waals surface area contributed by atoms with E-state index in [0.29, 0.717) is 6.29 Å². The summed E-state index contributed by atoms with van der Waals surface area (Å²) in [6.07, 6.45) is -1.18. The third kappa shape index (κ3) is 2.25. The number of nitrogens with zero attached hydrogens (tertiary/aromatic N) is 1. The molecule has 8 nitrogen and oxygen atoms in total. The number of hydrogen-bond acceptors (Lipinski definition) is 6. The SMILES string of the molecule is C[C@H]1C(n2cc(C=O)c(=O)[nH]c2=O)O[C@H](CO)[C@H]1O. The molecule has 104 valence electrons. The van der Waals surface area contributed by atoms with Crippen LogP contribution in [0.3, 0.4) is 0 Å². The van der Waals surface area contributed by atoms with Crippen molar-refractivity contribution in [1.82, 2.24) is 9.55 Å². The molecule has 0 spiro atoms. The first kappa shape index (κ1) is 13.7. The van der Waals surface area contributed by atoms with Gasteiger partial charge in [-0.05, 0) is 0 Å². The molecule has 0 bridgehead atoms. The van der Waals surface area contributed by atoms with Crippen LogP contribution in [-0.4, -0.2) is 44.9 Å². The number of ether oxygens (including phenoxy) is 1. The molecule has 0 aliphatic carbocycles. The molecule has 1 unspecified atom stereocenters. The fraction of sp³-hybridized carbons (Fsp3) is 0.545. The Morgan fingerprint density at radius 3 is 2.74 bits per heavy atom.